The third kappa shape index (κ3) is 2.34. The van der Waals surface area contributed by atoms with E-state index in [2.05, 4.69) is 5.32 Å². The van der Waals surface area contributed by atoms with Crippen molar-refractivity contribution in [2.75, 3.05) is 0 Å². The smallest absolute Gasteiger partial charge is 0.244 e. The van der Waals surface area contributed by atoms with Crippen LogP contribution in [0.1, 0.15) is 26.7 Å². The number of allylic oxidation sites excluding steroid dienone is 1. The van der Waals surface area contributed by atoms with Gasteiger partial charge in [0.05, 0.1) is 12.1 Å². The molecule has 0 heterocycles. The second-order valence-electron chi connectivity index (χ2n) is 3.48. The van der Waals surface area contributed by atoms with E-state index in [1.807, 2.05) is 13.8 Å². The van der Waals surface area contributed by atoms with Gasteiger partial charge in [-0.1, -0.05) is 5.57 Å². The minimum Gasteiger partial charge on any atom is -0.391 e. The SMILES string of the molecule is CC(C)=CC(=O)N[C@@H]1CC[C@H]1O. The molecular formula is C9H15NO2. The highest BCUT2D eigenvalue weighted by Crippen LogP contribution is 2.19. The first-order valence-electron chi connectivity index (χ1n) is 4.23. The average molecular weight is 169 g/mol. The lowest BCUT2D eigenvalue weighted by Gasteiger charge is -2.32. The second kappa shape index (κ2) is 3.72. The van der Waals surface area contributed by atoms with E-state index < -0.39 is 0 Å². The molecule has 3 nitrogen and oxygen atoms in total. The molecule has 0 bridgehead atoms. The first-order valence-corrected chi connectivity index (χ1v) is 4.23. The molecule has 1 rings (SSSR count). The molecule has 1 aliphatic rings. The molecule has 12 heavy (non-hydrogen) atoms. The maximum absolute atomic E-state index is 11.1. The fourth-order valence-corrected chi connectivity index (χ4v) is 1.14. The van der Waals surface area contributed by atoms with Gasteiger partial charge in [-0.2, -0.15) is 0 Å². The summed E-state index contributed by atoms with van der Waals surface area (Å²) < 4.78 is 0. The minimum absolute atomic E-state index is 0.0203. The van der Waals surface area contributed by atoms with Crippen molar-refractivity contribution >= 4 is 5.91 Å². The van der Waals surface area contributed by atoms with Crippen LogP contribution in [0.3, 0.4) is 0 Å². The van der Waals surface area contributed by atoms with Gasteiger partial charge in [0, 0.05) is 6.08 Å². The van der Waals surface area contributed by atoms with Crippen LogP contribution in [0.25, 0.3) is 0 Å². The highest BCUT2D eigenvalue weighted by molar-refractivity contribution is 5.88. The summed E-state index contributed by atoms with van der Waals surface area (Å²) in [5.74, 6) is -0.0984. The van der Waals surface area contributed by atoms with Crippen LogP contribution in [0.5, 0.6) is 0 Å². The number of hydrogen-bond donors (Lipinski definition) is 2. The van der Waals surface area contributed by atoms with E-state index in [-0.39, 0.29) is 18.1 Å². The lowest BCUT2D eigenvalue weighted by Crippen LogP contribution is -2.49. The average Bonchev–Trinajstić information content (AvgIpc) is 1.96. The van der Waals surface area contributed by atoms with Crippen LogP contribution >= 0.6 is 0 Å². The highest BCUT2D eigenvalue weighted by Gasteiger charge is 2.29. The fourth-order valence-electron chi connectivity index (χ4n) is 1.14. The largest absolute Gasteiger partial charge is 0.391 e. The maximum atomic E-state index is 11.1. The Bertz CT molecular complexity index is 207. The summed E-state index contributed by atoms with van der Waals surface area (Å²) in [6, 6.07) is -0.0203. The van der Waals surface area contributed by atoms with E-state index in [9.17, 15) is 4.79 Å². The molecule has 3 heteroatoms. The molecule has 0 aromatic carbocycles. The zero-order valence-corrected chi connectivity index (χ0v) is 7.50. The third-order valence-electron chi connectivity index (χ3n) is 1.99. The molecule has 1 fully saturated rings. The van der Waals surface area contributed by atoms with Gasteiger partial charge in [-0.05, 0) is 26.7 Å². The van der Waals surface area contributed by atoms with Gasteiger partial charge in [0.15, 0.2) is 0 Å². The predicted octanol–water partition coefficient (Wildman–Crippen LogP) is 0.592. The van der Waals surface area contributed by atoms with Crippen LogP contribution in [-0.4, -0.2) is 23.2 Å². The van der Waals surface area contributed by atoms with E-state index >= 15 is 0 Å². The molecule has 0 aliphatic heterocycles. The molecule has 2 atom stereocenters. The van der Waals surface area contributed by atoms with Crippen LogP contribution in [-0.2, 0) is 4.79 Å². The van der Waals surface area contributed by atoms with E-state index in [4.69, 9.17) is 5.11 Å². The number of hydrogen-bond acceptors (Lipinski definition) is 2. The van der Waals surface area contributed by atoms with Gasteiger partial charge in [0.25, 0.3) is 0 Å². The van der Waals surface area contributed by atoms with Crippen molar-refractivity contribution in [3.05, 3.63) is 11.6 Å². The Hall–Kier alpha value is -0.830. The molecule has 0 aromatic heterocycles. The first-order chi connectivity index (χ1) is 5.59. The number of nitrogens with one attached hydrogen (secondary N) is 1. The molecule has 1 amide bonds. The standard InChI is InChI=1S/C9H15NO2/c1-6(2)5-9(12)10-7-3-4-8(7)11/h5,7-8,11H,3-4H2,1-2H3,(H,10,12)/t7-,8-/m1/s1. The molecule has 0 saturated heterocycles. The topological polar surface area (TPSA) is 49.3 Å². The molecule has 0 radical (unpaired) electrons. The van der Waals surface area contributed by atoms with Crippen LogP contribution in [0, 0.1) is 0 Å². The monoisotopic (exact) mass is 169 g/mol. The Morgan fingerprint density at radius 3 is 2.50 bits per heavy atom. The zero-order chi connectivity index (χ0) is 9.14. The zero-order valence-electron chi connectivity index (χ0n) is 7.50. The van der Waals surface area contributed by atoms with E-state index in [0.717, 1.165) is 18.4 Å². The van der Waals surface area contributed by atoms with Crippen molar-refractivity contribution in [2.45, 2.75) is 38.8 Å². The Balaban J connectivity index is 2.31. The van der Waals surface area contributed by atoms with Crippen molar-refractivity contribution in [3.63, 3.8) is 0 Å². The highest BCUT2D eigenvalue weighted by atomic mass is 16.3. The van der Waals surface area contributed by atoms with Gasteiger partial charge >= 0.3 is 0 Å². The number of carbonyl (C=O) groups excluding carboxylic acids is 1. The summed E-state index contributed by atoms with van der Waals surface area (Å²) in [4.78, 5) is 11.1. The Morgan fingerprint density at radius 1 is 1.50 bits per heavy atom. The van der Waals surface area contributed by atoms with Crippen molar-refractivity contribution in [2.24, 2.45) is 0 Å². The molecular weight excluding hydrogens is 154 g/mol. The molecule has 0 spiro atoms. The first kappa shape index (κ1) is 9.26. The van der Waals surface area contributed by atoms with Crippen LogP contribution in [0.15, 0.2) is 11.6 Å². The van der Waals surface area contributed by atoms with Crippen LogP contribution in [0.2, 0.25) is 0 Å². The molecule has 0 aromatic rings. The third-order valence-corrected chi connectivity index (χ3v) is 1.99. The second-order valence-corrected chi connectivity index (χ2v) is 3.48. The van der Waals surface area contributed by atoms with Crippen molar-refractivity contribution in [1.82, 2.24) is 5.32 Å². The summed E-state index contributed by atoms with van der Waals surface area (Å²) in [6.45, 7) is 3.74. The molecule has 0 unspecified atom stereocenters. The normalized spacial score (nSPS) is 27.2. The predicted molar refractivity (Wildman–Crippen MR) is 46.6 cm³/mol. The number of carbonyl (C=O) groups is 1. The quantitative estimate of drug-likeness (QED) is 0.594. The number of aliphatic hydroxyl groups is 1. The Morgan fingerprint density at radius 2 is 2.17 bits per heavy atom. The number of aliphatic hydroxyl groups excluding tert-OH is 1. The molecule has 2 N–H and O–H groups in total. The van der Waals surface area contributed by atoms with Gasteiger partial charge in [0.2, 0.25) is 5.91 Å². The fraction of sp³-hybridized carbons (Fsp3) is 0.667. The molecule has 1 aliphatic carbocycles. The van der Waals surface area contributed by atoms with Crippen molar-refractivity contribution in [3.8, 4) is 0 Å². The summed E-state index contributed by atoms with van der Waals surface area (Å²) in [5, 5.41) is 11.9. The van der Waals surface area contributed by atoms with Crippen molar-refractivity contribution in [1.29, 1.82) is 0 Å². The van der Waals surface area contributed by atoms with Gasteiger partial charge in [-0.25, -0.2) is 0 Å². The summed E-state index contributed by atoms with van der Waals surface area (Å²) in [7, 11) is 0. The minimum atomic E-state index is -0.334. The Labute approximate surface area is 72.5 Å². The van der Waals surface area contributed by atoms with Gasteiger partial charge in [-0.15, -0.1) is 0 Å². The van der Waals surface area contributed by atoms with Crippen LogP contribution in [0.4, 0.5) is 0 Å². The van der Waals surface area contributed by atoms with Crippen LogP contribution < -0.4 is 5.32 Å². The van der Waals surface area contributed by atoms with Gasteiger partial charge < -0.3 is 10.4 Å². The van der Waals surface area contributed by atoms with E-state index in [1.54, 1.807) is 6.08 Å². The summed E-state index contributed by atoms with van der Waals surface area (Å²) in [6.07, 6.45) is 2.91. The lowest BCUT2D eigenvalue weighted by atomic mass is 9.89. The Kier molecular flexibility index (Phi) is 2.87. The molecule has 1 saturated carbocycles. The summed E-state index contributed by atoms with van der Waals surface area (Å²) >= 11 is 0. The number of rotatable bonds is 2. The molecule has 68 valence electrons. The van der Waals surface area contributed by atoms with Gasteiger partial charge in [0.1, 0.15) is 0 Å². The summed E-state index contributed by atoms with van der Waals surface area (Å²) in [5.41, 5.74) is 0.973. The lowest BCUT2D eigenvalue weighted by molar-refractivity contribution is -0.119. The maximum Gasteiger partial charge on any atom is 0.244 e. The number of amides is 1. The van der Waals surface area contributed by atoms with Gasteiger partial charge in [-0.3, -0.25) is 4.79 Å². The van der Waals surface area contributed by atoms with E-state index in [1.165, 1.54) is 0 Å². The van der Waals surface area contributed by atoms with Crippen molar-refractivity contribution < 1.29 is 9.90 Å². The van der Waals surface area contributed by atoms with E-state index in [0.29, 0.717) is 0 Å².